The van der Waals surface area contributed by atoms with Crippen molar-refractivity contribution < 1.29 is 22.7 Å². The third-order valence-corrected chi connectivity index (χ3v) is 5.09. The Morgan fingerprint density at radius 2 is 1.81 bits per heavy atom. The minimum Gasteiger partial charge on any atom is -0.497 e. The third-order valence-electron chi connectivity index (χ3n) is 3.85. The number of nitrogens with one attached hydrogen (secondary N) is 1. The smallest absolute Gasteiger partial charge is 0.250 e. The highest BCUT2D eigenvalue weighted by Gasteiger charge is 2.30. The minimum absolute atomic E-state index is 0.130. The molecule has 0 saturated heterocycles. The van der Waals surface area contributed by atoms with Gasteiger partial charge in [0, 0.05) is 6.07 Å². The number of anilines is 2. The molecule has 2 aromatic carbocycles. The van der Waals surface area contributed by atoms with Crippen LogP contribution in [0.1, 0.15) is 17.3 Å². The molecule has 0 bridgehead atoms. The van der Waals surface area contributed by atoms with Crippen molar-refractivity contribution in [1.82, 2.24) is 0 Å². The van der Waals surface area contributed by atoms with Crippen molar-refractivity contribution in [3.63, 3.8) is 0 Å². The van der Waals surface area contributed by atoms with Crippen molar-refractivity contribution >= 4 is 33.2 Å². The fourth-order valence-electron chi connectivity index (χ4n) is 2.60. The van der Waals surface area contributed by atoms with E-state index in [0.717, 1.165) is 10.6 Å². The molecule has 2 rings (SSSR count). The molecule has 0 heterocycles. The quantitative estimate of drug-likeness (QED) is 0.743. The second-order valence-corrected chi connectivity index (χ2v) is 7.69. The van der Waals surface area contributed by atoms with Crippen LogP contribution < -0.4 is 20.1 Å². The molecule has 9 heteroatoms. The summed E-state index contributed by atoms with van der Waals surface area (Å²) in [4.78, 5) is 24.2. The Balaban J connectivity index is 2.37. The van der Waals surface area contributed by atoms with E-state index < -0.39 is 27.9 Å². The Morgan fingerprint density at radius 1 is 1.15 bits per heavy atom. The largest absolute Gasteiger partial charge is 0.497 e. The third kappa shape index (κ3) is 4.76. The van der Waals surface area contributed by atoms with E-state index in [1.807, 2.05) is 0 Å². The Kier molecular flexibility index (Phi) is 6.06. The second kappa shape index (κ2) is 8.09. The molecule has 0 aromatic heterocycles. The number of benzene rings is 2. The molecule has 0 unspecified atom stereocenters. The van der Waals surface area contributed by atoms with Crippen molar-refractivity contribution in [3.8, 4) is 5.75 Å². The van der Waals surface area contributed by atoms with Crippen LogP contribution in [-0.2, 0) is 14.8 Å². The average Bonchev–Trinajstić information content (AvgIpc) is 2.61. The van der Waals surface area contributed by atoms with Gasteiger partial charge in [0.2, 0.25) is 15.9 Å². The van der Waals surface area contributed by atoms with Gasteiger partial charge in [0.25, 0.3) is 5.91 Å². The normalized spacial score (nSPS) is 12.1. The number of ether oxygens (including phenoxy) is 1. The van der Waals surface area contributed by atoms with E-state index >= 15 is 0 Å². The maximum atomic E-state index is 12.7. The summed E-state index contributed by atoms with van der Waals surface area (Å²) < 4.78 is 30.8. The average molecular weight is 391 g/mol. The standard InChI is InChI=1S/C18H21N3O5S/c1-12(18(23)20-16-10-5-4-9-15(16)17(19)22)21(27(3,24)25)13-7-6-8-14(11-13)26-2/h4-12H,1-3H3,(H2,19,22)(H,20,23)/t12-/m1/s1. The molecule has 8 nitrogen and oxygen atoms in total. The number of para-hydroxylation sites is 1. The van der Waals surface area contributed by atoms with E-state index in [1.54, 1.807) is 30.3 Å². The number of nitrogens with two attached hydrogens (primary N) is 1. The molecule has 0 aliphatic carbocycles. The van der Waals surface area contributed by atoms with Crippen molar-refractivity contribution in [2.24, 2.45) is 5.73 Å². The molecule has 0 radical (unpaired) electrons. The van der Waals surface area contributed by atoms with Crippen LogP contribution in [0.2, 0.25) is 0 Å². The fraction of sp³-hybridized carbons (Fsp3) is 0.222. The van der Waals surface area contributed by atoms with Gasteiger partial charge in [0.05, 0.1) is 30.3 Å². The number of carbonyl (C=O) groups excluding carboxylic acids is 2. The molecule has 2 aromatic rings. The predicted molar refractivity (Wildman–Crippen MR) is 103 cm³/mol. The lowest BCUT2D eigenvalue weighted by atomic mass is 10.1. The van der Waals surface area contributed by atoms with E-state index in [0.29, 0.717) is 5.75 Å². The molecular weight excluding hydrogens is 370 g/mol. The number of nitrogens with zero attached hydrogens (tertiary/aromatic N) is 1. The molecule has 0 aliphatic rings. The lowest BCUT2D eigenvalue weighted by Crippen LogP contribution is -2.45. The van der Waals surface area contributed by atoms with E-state index in [2.05, 4.69) is 5.32 Å². The summed E-state index contributed by atoms with van der Waals surface area (Å²) in [6.45, 7) is 1.45. The molecule has 144 valence electrons. The van der Waals surface area contributed by atoms with Gasteiger partial charge in [-0.1, -0.05) is 18.2 Å². The number of hydrogen-bond donors (Lipinski definition) is 2. The zero-order valence-corrected chi connectivity index (χ0v) is 16.0. The monoisotopic (exact) mass is 391 g/mol. The maximum Gasteiger partial charge on any atom is 0.250 e. The Hall–Kier alpha value is -3.07. The zero-order valence-electron chi connectivity index (χ0n) is 15.2. The van der Waals surface area contributed by atoms with Crippen molar-refractivity contribution in [2.45, 2.75) is 13.0 Å². The molecule has 0 spiro atoms. The highest BCUT2D eigenvalue weighted by molar-refractivity contribution is 7.92. The molecule has 27 heavy (non-hydrogen) atoms. The van der Waals surface area contributed by atoms with Gasteiger partial charge in [-0.3, -0.25) is 13.9 Å². The molecule has 0 fully saturated rings. The summed E-state index contributed by atoms with van der Waals surface area (Å²) >= 11 is 0. The highest BCUT2D eigenvalue weighted by atomic mass is 32.2. The summed E-state index contributed by atoms with van der Waals surface area (Å²) in [6.07, 6.45) is 1.01. The molecule has 1 atom stereocenters. The topological polar surface area (TPSA) is 119 Å². The highest BCUT2D eigenvalue weighted by Crippen LogP contribution is 2.26. The van der Waals surface area contributed by atoms with Crippen LogP contribution in [0.4, 0.5) is 11.4 Å². The van der Waals surface area contributed by atoms with Gasteiger partial charge in [0.15, 0.2) is 0 Å². The first-order chi connectivity index (χ1) is 12.6. The Labute approximate surface area is 158 Å². The SMILES string of the molecule is COc1cccc(N([C@H](C)C(=O)Nc2ccccc2C(N)=O)S(C)(=O)=O)c1. The number of sulfonamides is 1. The summed E-state index contributed by atoms with van der Waals surface area (Å²) in [6, 6.07) is 11.5. The summed E-state index contributed by atoms with van der Waals surface area (Å²) in [7, 11) is -2.32. The van der Waals surface area contributed by atoms with Crippen molar-refractivity contribution in [1.29, 1.82) is 0 Å². The lowest BCUT2D eigenvalue weighted by molar-refractivity contribution is -0.116. The molecule has 3 N–H and O–H groups in total. The van der Waals surface area contributed by atoms with Gasteiger partial charge >= 0.3 is 0 Å². The van der Waals surface area contributed by atoms with E-state index in [9.17, 15) is 18.0 Å². The van der Waals surface area contributed by atoms with Crippen LogP contribution in [0.5, 0.6) is 5.75 Å². The second-order valence-electron chi connectivity index (χ2n) is 5.84. The first kappa shape index (κ1) is 20.2. The summed E-state index contributed by atoms with van der Waals surface area (Å²) in [5.41, 5.74) is 5.93. The number of primary amides is 1. The number of carbonyl (C=O) groups is 2. The first-order valence-corrected chi connectivity index (χ1v) is 9.83. The summed E-state index contributed by atoms with van der Waals surface area (Å²) in [5.74, 6) is -0.865. The van der Waals surface area contributed by atoms with Crippen molar-refractivity contribution in [3.05, 3.63) is 54.1 Å². The zero-order chi connectivity index (χ0) is 20.2. The van der Waals surface area contributed by atoms with Crippen LogP contribution in [0.15, 0.2) is 48.5 Å². The summed E-state index contributed by atoms with van der Waals surface area (Å²) in [5, 5.41) is 2.57. The van der Waals surface area contributed by atoms with E-state index in [-0.39, 0.29) is 16.9 Å². The van der Waals surface area contributed by atoms with Crippen LogP contribution in [-0.4, -0.2) is 39.6 Å². The molecule has 0 saturated carbocycles. The van der Waals surface area contributed by atoms with Crippen LogP contribution >= 0.6 is 0 Å². The Morgan fingerprint density at radius 3 is 2.41 bits per heavy atom. The predicted octanol–water partition coefficient (Wildman–Crippen LogP) is 1.59. The van der Waals surface area contributed by atoms with Gasteiger partial charge < -0.3 is 15.8 Å². The van der Waals surface area contributed by atoms with Crippen LogP contribution in [0.3, 0.4) is 0 Å². The van der Waals surface area contributed by atoms with E-state index in [1.165, 1.54) is 32.2 Å². The van der Waals surface area contributed by atoms with Gasteiger partial charge in [-0.25, -0.2) is 8.42 Å². The van der Waals surface area contributed by atoms with Gasteiger partial charge in [-0.05, 0) is 31.2 Å². The first-order valence-electron chi connectivity index (χ1n) is 7.98. The number of hydrogen-bond acceptors (Lipinski definition) is 5. The van der Waals surface area contributed by atoms with Crippen molar-refractivity contribution in [2.75, 3.05) is 23.0 Å². The number of amides is 2. The maximum absolute atomic E-state index is 12.7. The minimum atomic E-state index is -3.78. The Bertz CT molecular complexity index is 959. The number of methoxy groups -OCH3 is 1. The van der Waals surface area contributed by atoms with E-state index in [4.69, 9.17) is 10.5 Å². The molecule has 2 amide bonds. The van der Waals surface area contributed by atoms with Crippen LogP contribution in [0, 0.1) is 0 Å². The van der Waals surface area contributed by atoms with Crippen LogP contribution in [0.25, 0.3) is 0 Å². The number of rotatable bonds is 7. The fourth-order valence-corrected chi connectivity index (χ4v) is 3.77. The molecular formula is C18H21N3O5S. The van der Waals surface area contributed by atoms with Gasteiger partial charge in [0.1, 0.15) is 11.8 Å². The van der Waals surface area contributed by atoms with Gasteiger partial charge in [-0.2, -0.15) is 0 Å². The van der Waals surface area contributed by atoms with Gasteiger partial charge in [-0.15, -0.1) is 0 Å². The lowest BCUT2D eigenvalue weighted by Gasteiger charge is -2.28. The molecule has 0 aliphatic heterocycles.